The molecule has 0 N–H and O–H groups in total. The van der Waals surface area contributed by atoms with E-state index < -0.39 is 11.0 Å². The molecular formula is C23H21NO6. The minimum atomic E-state index is -0.795. The molecule has 0 heterocycles. The molecule has 3 aromatic carbocycles. The van der Waals surface area contributed by atoms with Crippen molar-refractivity contribution in [2.45, 2.75) is 13.0 Å². The number of hydrogen-bond donors (Lipinski definition) is 0. The summed E-state index contributed by atoms with van der Waals surface area (Å²) in [6.07, 6.45) is -0.795. The van der Waals surface area contributed by atoms with E-state index in [4.69, 9.17) is 14.2 Å². The molecule has 3 rings (SSSR count). The topological polar surface area (TPSA) is 87.9 Å². The number of nitrogens with zero attached hydrogens (tertiary/aromatic N) is 1. The van der Waals surface area contributed by atoms with E-state index in [0.29, 0.717) is 33.9 Å². The van der Waals surface area contributed by atoms with Gasteiger partial charge in [0.15, 0.2) is 6.10 Å². The summed E-state index contributed by atoms with van der Waals surface area (Å²) in [6.45, 7) is 1.64. The van der Waals surface area contributed by atoms with Crippen molar-refractivity contribution in [1.82, 2.24) is 0 Å². The molecule has 0 aliphatic rings. The number of benzene rings is 3. The molecule has 7 nitrogen and oxygen atoms in total. The number of carbonyl (C=O) groups excluding carboxylic acids is 1. The number of carbonyl (C=O) groups is 1. The molecule has 7 heteroatoms. The molecule has 3 aromatic rings. The second kappa shape index (κ2) is 9.09. The first-order valence-electron chi connectivity index (χ1n) is 9.20. The van der Waals surface area contributed by atoms with Gasteiger partial charge >= 0.3 is 0 Å². The Morgan fingerprint density at radius 1 is 0.900 bits per heavy atom. The van der Waals surface area contributed by atoms with E-state index in [1.807, 2.05) is 0 Å². The third-order valence-corrected chi connectivity index (χ3v) is 4.62. The van der Waals surface area contributed by atoms with Crippen molar-refractivity contribution in [2.75, 3.05) is 14.2 Å². The fraction of sp³-hybridized carbons (Fsp3) is 0.174. The smallest absolute Gasteiger partial charge is 0.270 e. The van der Waals surface area contributed by atoms with Gasteiger partial charge in [0.2, 0.25) is 5.78 Å². The first kappa shape index (κ1) is 20.9. The van der Waals surface area contributed by atoms with E-state index in [0.717, 1.165) is 0 Å². The Morgan fingerprint density at radius 3 is 2.00 bits per heavy atom. The molecule has 0 aliphatic heterocycles. The molecule has 0 aliphatic carbocycles. The van der Waals surface area contributed by atoms with Gasteiger partial charge in [0.25, 0.3) is 5.69 Å². The van der Waals surface area contributed by atoms with E-state index in [1.165, 1.54) is 18.2 Å². The first-order valence-corrected chi connectivity index (χ1v) is 9.20. The minimum absolute atomic E-state index is 0.0673. The lowest BCUT2D eigenvalue weighted by Crippen LogP contribution is -2.24. The zero-order chi connectivity index (χ0) is 21.7. The quantitative estimate of drug-likeness (QED) is 0.299. The molecular weight excluding hydrogens is 386 g/mol. The predicted molar refractivity (Wildman–Crippen MR) is 112 cm³/mol. The summed E-state index contributed by atoms with van der Waals surface area (Å²) in [5.74, 6) is 1.48. The van der Waals surface area contributed by atoms with Crippen LogP contribution in [0.4, 0.5) is 5.69 Å². The number of methoxy groups -OCH3 is 2. The Hall–Kier alpha value is -3.87. The molecule has 0 spiro atoms. The summed E-state index contributed by atoms with van der Waals surface area (Å²) < 4.78 is 16.2. The van der Waals surface area contributed by atoms with Crippen molar-refractivity contribution in [1.29, 1.82) is 0 Å². The Balaban J connectivity index is 1.91. The number of rotatable bonds is 8. The molecule has 0 saturated heterocycles. The average molecular weight is 407 g/mol. The van der Waals surface area contributed by atoms with Crippen LogP contribution in [-0.4, -0.2) is 31.0 Å². The van der Waals surface area contributed by atoms with Gasteiger partial charge in [0.1, 0.15) is 17.2 Å². The maximum absolute atomic E-state index is 12.8. The summed E-state index contributed by atoms with van der Waals surface area (Å²) >= 11 is 0. The number of nitro benzene ring substituents is 1. The summed E-state index contributed by atoms with van der Waals surface area (Å²) in [6, 6.07) is 18.1. The van der Waals surface area contributed by atoms with E-state index in [2.05, 4.69) is 0 Å². The van der Waals surface area contributed by atoms with Crippen LogP contribution in [0.5, 0.6) is 17.2 Å². The van der Waals surface area contributed by atoms with E-state index in [-0.39, 0.29) is 11.5 Å². The summed E-state index contributed by atoms with van der Waals surface area (Å²) in [4.78, 5) is 23.5. The van der Waals surface area contributed by atoms with Crippen LogP contribution in [0.3, 0.4) is 0 Å². The maximum atomic E-state index is 12.8. The van der Waals surface area contributed by atoms with Crippen molar-refractivity contribution in [3.8, 4) is 28.4 Å². The highest BCUT2D eigenvalue weighted by atomic mass is 16.6. The Morgan fingerprint density at radius 2 is 1.47 bits per heavy atom. The average Bonchev–Trinajstić information content (AvgIpc) is 2.78. The second-order valence-electron chi connectivity index (χ2n) is 6.52. The van der Waals surface area contributed by atoms with Crippen molar-refractivity contribution >= 4 is 11.5 Å². The monoisotopic (exact) mass is 407 g/mol. The molecule has 0 fully saturated rings. The van der Waals surface area contributed by atoms with E-state index >= 15 is 0 Å². The number of hydrogen-bond acceptors (Lipinski definition) is 6. The second-order valence-corrected chi connectivity index (χ2v) is 6.52. The molecule has 0 bridgehead atoms. The van der Waals surface area contributed by atoms with Crippen molar-refractivity contribution in [2.24, 2.45) is 0 Å². The molecule has 0 unspecified atom stereocenters. The van der Waals surface area contributed by atoms with Gasteiger partial charge in [-0.15, -0.1) is 0 Å². The summed E-state index contributed by atoms with van der Waals surface area (Å²) in [5.41, 5.74) is 1.64. The predicted octanol–water partition coefficient (Wildman–Crippen LogP) is 4.93. The highest BCUT2D eigenvalue weighted by Crippen LogP contribution is 2.35. The molecule has 0 saturated carbocycles. The highest BCUT2D eigenvalue weighted by molar-refractivity contribution is 5.99. The fourth-order valence-corrected chi connectivity index (χ4v) is 2.96. The standard InChI is InChI=1S/C23H21NO6/c1-15(23(25)17-6-11-20(29-3)12-7-17)30-22-13-8-18(24(26)27)14-21(22)16-4-9-19(28-2)10-5-16/h4-15H,1-3H3/t15-/m1/s1. The van der Waals surface area contributed by atoms with Gasteiger partial charge < -0.3 is 14.2 Å². The fourth-order valence-electron chi connectivity index (χ4n) is 2.96. The van der Waals surface area contributed by atoms with Crippen LogP contribution in [0.25, 0.3) is 11.1 Å². The van der Waals surface area contributed by atoms with Crippen molar-refractivity contribution in [3.63, 3.8) is 0 Å². The van der Waals surface area contributed by atoms with Gasteiger partial charge in [0, 0.05) is 23.3 Å². The molecule has 0 aromatic heterocycles. The molecule has 0 amide bonds. The molecule has 154 valence electrons. The Labute approximate surface area is 174 Å². The first-order chi connectivity index (χ1) is 14.4. The van der Waals surface area contributed by atoms with Gasteiger partial charge in [-0.1, -0.05) is 12.1 Å². The zero-order valence-electron chi connectivity index (χ0n) is 16.8. The van der Waals surface area contributed by atoms with Crippen LogP contribution in [-0.2, 0) is 0 Å². The normalized spacial score (nSPS) is 11.4. The highest BCUT2D eigenvalue weighted by Gasteiger charge is 2.20. The van der Waals surface area contributed by atoms with Crippen LogP contribution in [0.2, 0.25) is 0 Å². The minimum Gasteiger partial charge on any atom is -0.497 e. The number of ether oxygens (including phenoxy) is 3. The summed E-state index contributed by atoms with van der Waals surface area (Å²) in [5, 5.41) is 11.2. The number of non-ortho nitro benzene ring substituents is 1. The van der Waals surface area contributed by atoms with Gasteiger partial charge in [-0.2, -0.15) is 0 Å². The lowest BCUT2D eigenvalue weighted by molar-refractivity contribution is -0.384. The molecule has 0 radical (unpaired) electrons. The van der Waals surface area contributed by atoms with E-state index in [1.54, 1.807) is 69.7 Å². The van der Waals surface area contributed by atoms with Crippen LogP contribution in [0.15, 0.2) is 66.7 Å². The number of ketones is 1. The Kier molecular flexibility index (Phi) is 6.32. The van der Waals surface area contributed by atoms with Gasteiger partial charge in [-0.3, -0.25) is 14.9 Å². The van der Waals surface area contributed by atoms with E-state index in [9.17, 15) is 14.9 Å². The molecule has 1 atom stereocenters. The summed E-state index contributed by atoms with van der Waals surface area (Å²) in [7, 11) is 3.11. The molecule has 30 heavy (non-hydrogen) atoms. The van der Waals surface area contributed by atoms with Crippen molar-refractivity contribution < 1.29 is 23.9 Å². The largest absolute Gasteiger partial charge is 0.497 e. The SMILES string of the molecule is COc1ccc(C(=O)[C@@H](C)Oc2ccc([N+](=O)[O-])cc2-c2ccc(OC)cc2)cc1. The van der Waals surface area contributed by atoms with Crippen LogP contribution in [0.1, 0.15) is 17.3 Å². The third-order valence-electron chi connectivity index (χ3n) is 4.62. The van der Waals surface area contributed by atoms with Crippen LogP contribution < -0.4 is 14.2 Å². The van der Waals surface area contributed by atoms with Crippen molar-refractivity contribution in [3.05, 3.63) is 82.4 Å². The maximum Gasteiger partial charge on any atom is 0.270 e. The van der Waals surface area contributed by atoms with Gasteiger partial charge in [-0.25, -0.2) is 0 Å². The third kappa shape index (κ3) is 4.57. The Bertz CT molecular complexity index is 1040. The number of nitro groups is 1. The van der Waals surface area contributed by atoms with Crippen LogP contribution >= 0.6 is 0 Å². The van der Waals surface area contributed by atoms with Gasteiger partial charge in [0.05, 0.1) is 19.1 Å². The lowest BCUT2D eigenvalue weighted by atomic mass is 10.0. The number of Topliss-reactive ketones (excluding diaryl/α,β-unsaturated/α-hetero) is 1. The lowest BCUT2D eigenvalue weighted by Gasteiger charge is -2.17. The van der Waals surface area contributed by atoms with Crippen LogP contribution in [0, 0.1) is 10.1 Å². The van der Waals surface area contributed by atoms with Gasteiger partial charge in [-0.05, 0) is 55.0 Å². The zero-order valence-corrected chi connectivity index (χ0v) is 16.8.